The summed E-state index contributed by atoms with van der Waals surface area (Å²) in [6, 6.07) is 18.7. The molecule has 9 bridgehead atoms. The van der Waals surface area contributed by atoms with Crippen molar-refractivity contribution in [2.75, 3.05) is 61.8 Å². The van der Waals surface area contributed by atoms with E-state index in [1.165, 1.54) is 26.9 Å². The predicted octanol–water partition coefficient (Wildman–Crippen LogP) is 2.58. The fraction of sp³-hybridized carbons (Fsp3) is 0.706. The topological polar surface area (TPSA) is 203 Å². The van der Waals surface area contributed by atoms with Crippen LogP contribution in [0.15, 0.2) is 60.7 Å². The number of hydrogen-bond donors (Lipinski definition) is 4. The summed E-state index contributed by atoms with van der Waals surface area (Å²) in [4.78, 5) is 44.1. The molecule has 3 saturated heterocycles. The maximum absolute atomic E-state index is 13.8. The predicted molar refractivity (Wildman–Crippen MR) is 240 cm³/mol. The molecule has 4 N–H and O–H groups in total. The van der Waals surface area contributed by atoms with Crippen molar-refractivity contribution in [2.45, 2.75) is 130 Å². The third-order valence-corrected chi connectivity index (χ3v) is 18.2. The van der Waals surface area contributed by atoms with Crippen LogP contribution in [0.1, 0.15) is 74.2 Å². The number of hydrogen-bond acceptors (Lipinski definition) is 16. The molecule has 8 aliphatic rings. The van der Waals surface area contributed by atoms with E-state index >= 15 is 0 Å². The molecular formula is C51H70N2O14. The minimum Gasteiger partial charge on any atom is -0.462 e. The van der Waals surface area contributed by atoms with E-state index in [2.05, 4.69) is 16.8 Å². The van der Waals surface area contributed by atoms with E-state index < -0.39 is 94.3 Å². The van der Waals surface area contributed by atoms with Gasteiger partial charge < -0.3 is 58.5 Å². The van der Waals surface area contributed by atoms with Crippen molar-refractivity contribution in [3.05, 3.63) is 71.8 Å². The first-order chi connectivity index (χ1) is 32.2. The first-order valence-corrected chi connectivity index (χ1v) is 24.1. The van der Waals surface area contributed by atoms with Crippen LogP contribution in [0.5, 0.6) is 0 Å². The lowest BCUT2D eigenvalue weighted by Crippen LogP contribution is -2.81. The van der Waals surface area contributed by atoms with Crippen LogP contribution in [0.25, 0.3) is 0 Å². The number of rotatable bonds is 13. The number of likely N-dealkylation sites (tertiary alicyclic amines) is 1. The Morgan fingerprint density at radius 2 is 1.51 bits per heavy atom. The number of aliphatic hydroxyl groups excluding tert-OH is 3. The van der Waals surface area contributed by atoms with Crippen molar-refractivity contribution in [1.82, 2.24) is 9.80 Å². The molecular weight excluding hydrogens is 865 g/mol. The Kier molecular flexibility index (Phi) is 13.3. The van der Waals surface area contributed by atoms with Gasteiger partial charge in [0.05, 0.1) is 37.1 Å². The molecule has 3 unspecified atom stereocenters. The quantitative estimate of drug-likeness (QED) is 0.169. The van der Waals surface area contributed by atoms with Gasteiger partial charge in [-0.3, -0.25) is 14.5 Å². The standard InChI is InChI=1S/C34H47NO11.C17H23NO3/c1-7-35-15-31(16-41-3)20(37)13-21(42-4)33-19-14-32(40)28(45-30(39)18-11-9-8-10-12-18)22(19)34(46-17(2)36,27(38)29(32)44-6)23(26(33)35)24(43-5)25(31)33;1-18-13-7-8-14(18)10-15(9-13)21-17(20)16(11-19)12-5-3-2-4-6-12/h8-12,19-29,37-38,40H,7,13-16H2,1-6H3;2-6,13-16,19H,7-11H2,1H3/t19-,20-,21+,22-,23+,24+,25-,26?,27+,28-,29+,31+,32-,33+,34-;13-,14+,15?,16?/m1./s1. The number of aliphatic hydroxyl groups is 4. The number of benzene rings is 2. The minimum atomic E-state index is -1.83. The number of piperidine rings is 2. The van der Waals surface area contributed by atoms with Crippen LogP contribution < -0.4 is 0 Å². The van der Waals surface area contributed by atoms with Crippen molar-refractivity contribution in [2.24, 2.45) is 34.5 Å². The lowest BCUT2D eigenvalue weighted by atomic mass is 9.42. The summed E-state index contributed by atoms with van der Waals surface area (Å²) in [7, 11) is 8.44. The molecule has 1 spiro atoms. The van der Waals surface area contributed by atoms with Crippen LogP contribution in [0.4, 0.5) is 0 Å². The summed E-state index contributed by atoms with van der Waals surface area (Å²) in [5, 5.41) is 46.8. The highest BCUT2D eigenvalue weighted by Crippen LogP contribution is 2.80. The fourth-order valence-corrected chi connectivity index (χ4v) is 16.0. The van der Waals surface area contributed by atoms with Crippen molar-refractivity contribution >= 4 is 17.9 Å². The zero-order valence-electron chi connectivity index (χ0n) is 39.8. The number of fused-ring (bicyclic) bond motifs is 4. The summed E-state index contributed by atoms with van der Waals surface area (Å²) in [6.45, 7) is 4.47. The van der Waals surface area contributed by atoms with Crippen LogP contribution in [0.2, 0.25) is 0 Å². The lowest BCUT2D eigenvalue weighted by molar-refractivity contribution is -0.322. The average Bonchev–Trinajstić information content (AvgIpc) is 3.78. The molecule has 0 aromatic heterocycles. The van der Waals surface area contributed by atoms with E-state index in [1.807, 2.05) is 37.3 Å². The summed E-state index contributed by atoms with van der Waals surface area (Å²) in [5.74, 6) is -4.51. The molecule has 2 aromatic rings. The molecule has 16 heteroatoms. The summed E-state index contributed by atoms with van der Waals surface area (Å²) in [6.07, 6.45) is -1.23. The molecule has 16 nitrogen and oxygen atoms in total. The Bertz CT molecular complexity index is 2100. The molecule has 10 rings (SSSR count). The Hall–Kier alpha value is -3.55. The van der Waals surface area contributed by atoms with Crippen molar-refractivity contribution in [1.29, 1.82) is 0 Å². The zero-order chi connectivity index (χ0) is 47.8. The smallest absolute Gasteiger partial charge is 0.338 e. The van der Waals surface area contributed by atoms with Gasteiger partial charge in [-0.2, -0.15) is 0 Å². The molecule has 3 aliphatic heterocycles. The second-order valence-electron chi connectivity index (χ2n) is 20.6. The summed E-state index contributed by atoms with van der Waals surface area (Å²) < 4.78 is 43.1. The number of carbonyl (C=O) groups excluding carboxylic acids is 3. The minimum absolute atomic E-state index is 0.00367. The van der Waals surface area contributed by atoms with Gasteiger partial charge in [-0.05, 0) is 69.3 Å². The van der Waals surface area contributed by atoms with E-state index in [0.717, 1.165) is 18.4 Å². The van der Waals surface area contributed by atoms with Crippen LogP contribution >= 0.6 is 0 Å². The molecule has 2 aromatic carbocycles. The second-order valence-corrected chi connectivity index (χ2v) is 20.6. The first kappa shape index (κ1) is 48.5. The van der Waals surface area contributed by atoms with E-state index in [1.54, 1.807) is 51.7 Å². The van der Waals surface area contributed by atoms with Gasteiger partial charge in [-0.1, -0.05) is 55.5 Å². The first-order valence-electron chi connectivity index (χ1n) is 24.1. The molecule has 368 valence electrons. The van der Waals surface area contributed by atoms with E-state index in [9.17, 15) is 34.8 Å². The highest BCUT2D eigenvalue weighted by Gasteiger charge is 2.92. The van der Waals surface area contributed by atoms with Gasteiger partial charge in [0.2, 0.25) is 0 Å². The van der Waals surface area contributed by atoms with Gasteiger partial charge in [0.1, 0.15) is 35.9 Å². The molecule has 67 heavy (non-hydrogen) atoms. The van der Waals surface area contributed by atoms with Crippen LogP contribution in [0.3, 0.4) is 0 Å². The maximum Gasteiger partial charge on any atom is 0.338 e. The molecule has 5 saturated carbocycles. The maximum atomic E-state index is 13.8. The van der Waals surface area contributed by atoms with Gasteiger partial charge in [0.15, 0.2) is 5.60 Å². The molecule has 3 heterocycles. The van der Waals surface area contributed by atoms with Gasteiger partial charge in [0.25, 0.3) is 0 Å². The van der Waals surface area contributed by atoms with Crippen LogP contribution in [-0.2, 0) is 42.7 Å². The fourth-order valence-electron chi connectivity index (χ4n) is 16.0. The largest absolute Gasteiger partial charge is 0.462 e. The number of esters is 3. The number of carbonyl (C=O) groups is 3. The van der Waals surface area contributed by atoms with Crippen LogP contribution in [-0.4, -0.2) is 182 Å². The molecule has 19 atom stereocenters. The second kappa shape index (κ2) is 18.3. The van der Waals surface area contributed by atoms with Crippen molar-refractivity contribution < 1.29 is 68.0 Å². The number of methoxy groups -OCH3 is 4. The number of ether oxygens (including phenoxy) is 7. The monoisotopic (exact) mass is 934 g/mol. The van der Waals surface area contributed by atoms with Gasteiger partial charge in [-0.15, -0.1) is 0 Å². The average molecular weight is 935 g/mol. The molecule has 5 aliphatic carbocycles. The third kappa shape index (κ3) is 7.01. The normalized spacial score (nSPS) is 43.7. The van der Waals surface area contributed by atoms with E-state index in [4.69, 9.17) is 33.2 Å². The summed E-state index contributed by atoms with van der Waals surface area (Å²) >= 11 is 0. The van der Waals surface area contributed by atoms with Crippen molar-refractivity contribution in [3.63, 3.8) is 0 Å². The van der Waals surface area contributed by atoms with Crippen LogP contribution in [0, 0.1) is 34.5 Å². The molecule has 0 amide bonds. The Labute approximate surface area is 393 Å². The van der Waals surface area contributed by atoms with Crippen molar-refractivity contribution in [3.8, 4) is 0 Å². The molecule has 8 fully saturated rings. The highest BCUT2D eigenvalue weighted by atomic mass is 16.6. The Balaban J connectivity index is 0.000000223. The Morgan fingerprint density at radius 1 is 0.851 bits per heavy atom. The van der Waals surface area contributed by atoms with Gasteiger partial charge in [0, 0.05) is 95.0 Å². The SMILES string of the molecule is CCN1C[C@]2(COC)[C@H](O)C[C@H](OC)[C@]34C1[C@H]([C@H](OC)[C@H]23)[C@]1(OC(C)=O)[C@H]2[C@@H](OC(=O)c3ccccc3)[C@](O)(C[C@H]24)[C@@H](OC)[C@@H]1O.CN1[C@@H]2CC[C@H]1CC(OC(=O)C(CO)c1ccccc1)C2. The third-order valence-electron chi connectivity index (χ3n) is 18.2. The molecule has 0 radical (unpaired) electrons. The van der Waals surface area contributed by atoms with E-state index in [0.29, 0.717) is 37.2 Å². The zero-order valence-corrected chi connectivity index (χ0v) is 39.8. The van der Waals surface area contributed by atoms with Gasteiger partial charge >= 0.3 is 17.9 Å². The van der Waals surface area contributed by atoms with E-state index in [-0.39, 0.29) is 43.7 Å². The lowest BCUT2D eigenvalue weighted by Gasteiger charge is -2.70. The van der Waals surface area contributed by atoms with Gasteiger partial charge in [-0.25, -0.2) is 4.79 Å². The Morgan fingerprint density at radius 3 is 2.07 bits per heavy atom. The summed E-state index contributed by atoms with van der Waals surface area (Å²) in [5.41, 5.74) is -3.97. The highest BCUT2D eigenvalue weighted by molar-refractivity contribution is 5.89. The number of nitrogens with zero attached hydrogens (tertiary/aromatic N) is 2.